The molecule has 0 aliphatic carbocycles. The molecule has 0 amide bonds. The van der Waals surface area contributed by atoms with Gasteiger partial charge in [-0.1, -0.05) is 72.8 Å². The second kappa shape index (κ2) is 8.87. The van der Waals surface area contributed by atoms with Crippen LogP contribution in [0.4, 0.5) is 0 Å². The van der Waals surface area contributed by atoms with Gasteiger partial charge >= 0.3 is 0 Å². The number of hydrogen-bond donors (Lipinski definition) is 0. The fraction of sp³-hybridized carbons (Fsp3) is 0. The van der Waals surface area contributed by atoms with Crippen molar-refractivity contribution in [1.82, 2.24) is 4.57 Å². The SMILES string of the molecule is c1ccc2c(c1)oc1ccc(-c3ccc4c(c3)oc3cc(-n5c6ccccc6c6c7sc8ccccc8c7ccc65)ccc34)cc12. The van der Waals surface area contributed by atoms with Crippen molar-refractivity contribution in [1.29, 1.82) is 0 Å². The van der Waals surface area contributed by atoms with Gasteiger partial charge < -0.3 is 13.4 Å². The van der Waals surface area contributed by atoms with Crippen LogP contribution in [0.5, 0.6) is 0 Å². The van der Waals surface area contributed by atoms with Crippen LogP contribution in [0.1, 0.15) is 0 Å². The molecule has 0 radical (unpaired) electrons. The van der Waals surface area contributed by atoms with Crippen molar-refractivity contribution in [2.45, 2.75) is 0 Å². The zero-order valence-corrected chi connectivity index (χ0v) is 25.3. The third-order valence-corrected chi connectivity index (χ3v) is 10.8. The zero-order valence-electron chi connectivity index (χ0n) is 24.5. The molecule has 214 valence electrons. The van der Waals surface area contributed by atoms with Crippen LogP contribution >= 0.6 is 11.3 Å². The molecule has 0 bridgehead atoms. The summed E-state index contributed by atoms with van der Waals surface area (Å²) in [6, 6.07) is 49.8. The number of para-hydroxylation sites is 2. The van der Waals surface area contributed by atoms with E-state index >= 15 is 0 Å². The number of furan rings is 2. The Balaban J connectivity index is 1.09. The van der Waals surface area contributed by atoms with E-state index in [1.807, 2.05) is 23.5 Å². The Morgan fingerprint density at radius 3 is 2.00 bits per heavy atom. The van der Waals surface area contributed by atoms with Crippen molar-refractivity contribution >= 4 is 97.2 Å². The second-order valence-electron chi connectivity index (χ2n) is 12.1. The topological polar surface area (TPSA) is 31.2 Å². The maximum Gasteiger partial charge on any atom is 0.137 e. The van der Waals surface area contributed by atoms with E-state index in [2.05, 4.69) is 132 Å². The number of thiophene rings is 1. The largest absolute Gasteiger partial charge is 0.456 e. The average molecular weight is 606 g/mol. The quantitative estimate of drug-likeness (QED) is 0.196. The van der Waals surface area contributed by atoms with E-state index in [1.165, 1.54) is 42.0 Å². The van der Waals surface area contributed by atoms with Crippen molar-refractivity contribution in [2.75, 3.05) is 0 Å². The Bertz CT molecular complexity index is 3040. The first kappa shape index (κ1) is 24.5. The van der Waals surface area contributed by atoms with Crippen LogP contribution in [-0.2, 0) is 0 Å². The molecule has 0 saturated carbocycles. The van der Waals surface area contributed by atoms with Gasteiger partial charge in [-0.3, -0.25) is 0 Å². The van der Waals surface area contributed by atoms with Gasteiger partial charge in [0.25, 0.3) is 0 Å². The van der Waals surface area contributed by atoms with Crippen molar-refractivity contribution in [2.24, 2.45) is 0 Å². The van der Waals surface area contributed by atoms with E-state index in [0.29, 0.717) is 0 Å². The molecule has 0 atom stereocenters. The number of fused-ring (bicyclic) bond motifs is 13. The lowest BCUT2D eigenvalue weighted by Crippen LogP contribution is -1.93. The normalized spacial score (nSPS) is 12.3. The summed E-state index contributed by atoms with van der Waals surface area (Å²) < 4.78 is 17.7. The van der Waals surface area contributed by atoms with Gasteiger partial charge in [0, 0.05) is 64.2 Å². The predicted octanol–water partition coefficient (Wildman–Crippen LogP) is 12.6. The van der Waals surface area contributed by atoms with E-state index in [9.17, 15) is 0 Å². The number of hydrogen-bond acceptors (Lipinski definition) is 3. The molecule has 0 aliphatic rings. The highest BCUT2D eigenvalue weighted by Gasteiger charge is 2.18. The number of aromatic nitrogens is 1. The molecule has 0 saturated heterocycles. The molecule has 11 aromatic rings. The molecule has 11 rings (SSSR count). The van der Waals surface area contributed by atoms with Crippen molar-refractivity contribution in [3.63, 3.8) is 0 Å². The van der Waals surface area contributed by atoms with Gasteiger partial charge in [0.1, 0.15) is 22.3 Å². The van der Waals surface area contributed by atoms with Crippen LogP contribution in [-0.4, -0.2) is 4.57 Å². The summed E-state index contributed by atoms with van der Waals surface area (Å²) in [5, 5.41) is 9.72. The Labute approximate surface area is 266 Å². The van der Waals surface area contributed by atoms with Gasteiger partial charge in [-0.2, -0.15) is 0 Å². The van der Waals surface area contributed by atoms with Crippen LogP contribution in [0, 0.1) is 0 Å². The Hall–Kier alpha value is -5.84. The molecule has 46 heavy (non-hydrogen) atoms. The highest BCUT2D eigenvalue weighted by molar-refractivity contribution is 7.26. The molecule has 0 aliphatic heterocycles. The van der Waals surface area contributed by atoms with Gasteiger partial charge in [-0.25, -0.2) is 0 Å². The van der Waals surface area contributed by atoms with E-state index in [1.54, 1.807) is 0 Å². The molecule has 0 spiro atoms. The molecule has 0 fully saturated rings. The van der Waals surface area contributed by atoms with Crippen LogP contribution in [0.3, 0.4) is 0 Å². The van der Waals surface area contributed by atoms with E-state index in [0.717, 1.165) is 60.7 Å². The average Bonchev–Trinajstić information content (AvgIpc) is 3.85. The molecule has 3 nitrogen and oxygen atoms in total. The van der Waals surface area contributed by atoms with E-state index in [4.69, 9.17) is 8.83 Å². The first-order valence-electron chi connectivity index (χ1n) is 15.5. The fourth-order valence-corrected chi connectivity index (χ4v) is 8.76. The lowest BCUT2D eigenvalue weighted by molar-refractivity contribution is 0.669. The van der Waals surface area contributed by atoms with Crippen molar-refractivity contribution in [3.05, 3.63) is 140 Å². The molecular formula is C42H23NO2S. The first-order chi connectivity index (χ1) is 22.8. The highest BCUT2D eigenvalue weighted by Crippen LogP contribution is 2.44. The summed E-state index contributed by atoms with van der Waals surface area (Å²) in [6.45, 7) is 0. The summed E-state index contributed by atoms with van der Waals surface area (Å²) in [4.78, 5) is 0. The smallest absolute Gasteiger partial charge is 0.137 e. The fourth-order valence-electron chi connectivity index (χ4n) is 7.50. The number of rotatable bonds is 2. The van der Waals surface area contributed by atoms with Gasteiger partial charge in [-0.05, 0) is 71.8 Å². The van der Waals surface area contributed by atoms with Crippen LogP contribution in [0.2, 0.25) is 0 Å². The third kappa shape index (κ3) is 3.26. The summed E-state index contributed by atoms with van der Waals surface area (Å²) in [5.41, 5.74) is 9.34. The van der Waals surface area contributed by atoms with E-state index in [-0.39, 0.29) is 0 Å². The summed E-state index contributed by atoms with van der Waals surface area (Å²) in [5.74, 6) is 0. The van der Waals surface area contributed by atoms with E-state index < -0.39 is 0 Å². The minimum Gasteiger partial charge on any atom is -0.456 e. The maximum absolute atomic E-state index is 6.60. The Morgan fingerprint density at radius 2 is 1.07 bits per heavy atom. The predicted molar refractivity (Wildman–Crippen MR) is 194 cm³/mol. The minimum atomic E-state index is 0.884. The Morgan fingerprint density at radius 1 is 0.413 bits per heavy atom. The van der Waals surface area contributed by atoms with Crippen LogP contribution in [0.15, 0.2) is 148 Å². The van der Waals surface area contributed by atoms with Gasteiger partial charge in [-0.15, -0.1) is 11.3 Å². The summed E-state index contributed by atoms with van der Waals surface area (Å²) in [7, 11) is 0. The standard InChI is InChI=1S/C42H23NO2S/c1-4-10-34-32(9-1)41-35(19-18-31-30-8-3-6-12-40(30)46-42(31)41)43(34)26-15-17-29-28-16-13-25(22-38(28)45-39(29)23-26)24-14-20-37-33(21-24)27-7-2-5-11-36(27)44-37/h1-23H. The minimum absolute atomic E-state index is 0.884. The molecule has 0 N–H and O–H groups in total. The Kier molecular flexibility index (Phi) is 4.72. The molecular weight excluding hydrogens is 583 g/mol. The highest BCUT2D eigenvalue weighted by atomic mass is 32.1. The number of benzene rings is 7. The zero-order chi connectivity index (χ0) is 29.9. The van der Waals surface area contributed by atoms with Gasteiger partial charge in [0.05, 0.1) is 11.0 Å². The summed E-state index contributed by atoms with van der Waals surface area (Å²) >= 11 is 1.88. The maximum atomic E-state index is 6.60. The molecule has 4 heteroatoms. The van der Waals surface area contributed by atoms with Crippen molar-refractivity contribution in [3.8, 4) is 16.8 Å². The van der Waals surface area contributed by atoms with Crippen molar-refractivity contribution < 1.29 is 8.83 Å². The summed E-state index contributed by atoms with van der Waals surface area (Å²) in [6.07, 6.45) is 0. The molecule has 7 aromatic carbocycles. The number of nitrogens with zero attached hydrogens (tertiary/aromatic N) is 1. The van der Waals surface area contributed by atoms with Gasteiger partial charge in [0.2, 0.25) is 0 Å². The second-order valence-corrected chi connectivity index (χ2v) is 13.1. The lowest BCUT2D eigenvalue weighted by atomic mass is 10.0. The van der Waals surface area contributed by atoms with Gasteiger partial charge in [0.15, 0.2) is 0 Å². The molecule has 0 unspecified atom stereocenters. The molecule has 4 aromatic heterocycles. The monoisotopic (exact) mass is 605 g/mol. The molecule has 4 heterocycles. The van der Waals surface area contributed by atoms with Crippen LogP contribution in [0.25, 0.3) is 103 Å². The first-order valence-corrected chi connectivity index (χ1v) is 16.3. The third-order valence-electron chi connectivity index (χ3n) is 9.61. The van der Waals surface area contributed by atoms with Crippen LogP contribution < -0.4 is 0 Å². The lowest BCUT2D eigenvalue weighted by Gasteiger charge is -2.08.